The highest BCUT2D eigenvalue weighted by atomic mass is 16.3. The second-order valence-corrected chi connectivity index (χ2v) is 10.00. The summed E-state index contributed by atoms with van der Waals surface area (Å²) in [6, 6.07) is 40.6. The second kappa shape index (κ2) is 7.59. The summed E-state index contributed by atoms with van der Waals surface area (Å²) in [6.45, 7) is 0. The average Bonchev–Trinajstić information content (AvgIpc) is 3.66. The Morgan fingerprint density at radius 3 is 1.67 bits per heavy atom. The molecule has 0 fully saturated rings. The van der Waals surface area contributed by atoms with Crippen molar-refractivity contribution in [1.82, 2.24) is 14.1 Å². The molecule has 4 heteroatoms. The van der Waals surface area contributed by atoms with Crippen molar-refractivity contribution in [1.29, 1.82) is 0 Å². The van der Waals surface area contributed by atoms with E-state index in [9.17, 15) is 0 Å². The fourth-order valence-electron chi connectivity index (χ4n) is 6.49. The lowest BCUT2D eigenvalue weighted by atomic mass is 10.0. The fraction of sp³-hybridized carbons (Fsp3) is 0. The van der Waals surface area contributed by atoms with E-state index in [0.717, 1.165) is 55.2 Å². The molecular formula is C35H21N3O. The van der Waals surface area contributed by atoms with Crippen LogP contribution >= 0.6 is 0 Å². The van der Waals surface area contributed by atoms with E-state index in [4.69, 9.17) is 4.42 Å². The van der Waals surface area contributed by atoms with Gasteiger partial charge in [-0.1, -0.05) is 72.8 Å². The highest BCUT2D eigenvalue weighted by Crippen LogP contribution is 2.49. The second-order valence-electron chi connectivity index (χ2n) is 10.00. The number of aromatic nitrogens is 3. The summed E-state index contributed by atoms with van der Waals surface area (Å²) in [5.41, 5.74) is 8.64. The number of rotatable bonds is 2. The van der Waals surface area contributed by atoms with Crippen LogP contribution in [0.4, 0.5) is 0 Å². The summed E-state index contributed by atoms with van der Waals surface area (Å²) in [4.78, 5) is 4.31. The lowest BCUT2D eigenvalue weighted by molar-refractivity contribution is 0.673. The first-order valence-corrected chi connectivity index (χ1v) is 13.2. The Balaban J connectivity index is 1.70. The van der Waals surface area contributed by atoms with Crippen molar-refractivity contribution in [2.75, 3.05) is 0 Å². The molecule has 4 heterocycles. The first-order chi connectivity index (χ1) is 19.4. The number of para-hydroxylation sites is 4. The normalized spacial score (nSPS) is 12.1. The van der Waals surface area contributed by atoms with Gasteiger partial charge in [-0.2, -0.15) is 0 Å². The van der Waals surface area contributed by atoms with Gasteiger partial charge in [0.05, 0.1) is 32.8 Å². The van der Waals surface area contributed by atoms with Crippen molar-refractivity contribution < 1.29 is 4.42 Å². The van der Waals surface area contributed by atoms with Crippen LogP contribution < -0.4 is 0 Å². The van der Waals surface area contributed by atoms with Crippen LogP contribution in [0.25, 0.3) is 76.9 Å². The Morgan fingerprint density at radius 1 is 0.462 bits per heavy atom. The number of furan rings is 1. The maximum absolute atomic E-state index is 6.78. The molecule has 0 aliphatic carbocycles. The Labute approximate surface area is 222 Å². The minimum absolute atomic E-state index is 0.895. The number of hydrogen-bond donors (Lipinski definition) is 0. The molecular weight excluding hydrogens is 478 g/mol. The van der Waals surface area contributed by atoms with Gasteiger partial charge < -0.3 is 13.6 Å². The Morgan fingerprint density at radius 2 is 0.974 bits per heavy atom. The highest BCUT2D eigenvalue weighted by Gasteiger charge is 2.27. The maximum atomic E-state index is 6.78. The maximum Gasteiger partial charge on any atom is 0.147 e. The molecule has 4 nitrogen and oxygen atoms in total. The van der Waals surface area contributed by atoms with Gasteiger partial charge >= 0.3 is 0 Å². The monoisotopic (exact) mass is 499 g/mol. The highest BCUT2D eigenvalue weighted by molar-refractivity contribution is 6.39. The van der Waals surface area contributed by atoms with E-state index >= 15 is 0 Å². The van der Waals surface area contributed by atoms with Crippen LogP contribution in [0, 0.1) is 0 Å². The summed E-state index contributed by atoms with van der Waals surface area (Å²) in [6.07, 6.45) is 3.72. The van der Waals surface area contributed by atoms with Crippen LogP contribution in [0.5, 0.6) is 0 Å². The van der Waals surface area contributed by atoms with Gasteiger partial charge in [0.2, 0.25) is 0 Å². The molecule has 4 aromatic heterocycles. The van der Waals surface area contributed by atoms with Gasteiger partial charge in [0.15, 0.2) is 0 Å². The molecule has 0 aliphatic heterocycles. The number of fused-ring (bicyclic) bond motifs is 12. The van der Waals surface area contributed by atoms with Crippen LogP contribution in [-0.4, -0.2) is 14.1 Å². The topological polar surface area (TPSA) is 35.9 Å². The lowest BCUT2D eigenvalue weighted by Crippen LogP contribution is -1.96. The van der Waals surface area contributed by atoms with Gasteiger partial charge in [-0.3, -0.25) is 4.98 Å². The number of nitrogens with zero attached hydrogens (tertiary/aromatic N) is 3. The SMILES string of the molecule is c1ccc(-n2c3ccccc3c3c4c(c5ccccc5n4-c4ccncc4)c4oc5ccccc5c4c32)cc1. The molecule has 0 aliphatic rings. The Kier molecular flexibility index (Phi) is 4.02. The van der Waals surface area contributed by atoms with Crippen LogP contribution in [-0.2, 0) is 0 Å². The van der Waals surface area contributed by atoms with Crippen LogP contribution in [0.3, 0.4) is 0 Å². The van der Waals surface area contributed by atoms with E-state index in [1.54, 1.807) is 0 Å². The molecule has 9 rings (SSSR count). The molecule has 182 valence electrons. The molecule has 9 aromatic rings. The minimum atomic E-state index is 0.895. The standard InChI is InChI=1S/C35H21N3O/c1-2-10-22(11-3-1)37-27-15-7-4-12-24(27)30-33-31(35-32(34(30)37)26-14-6-9-17-29(26)39-35)25-13-5-8-16-28(25)38(33)23-18-20-36-21-19-23/h1-21H. The average molecular weight is 500 g/mol. The van der Waals surface area contributed by atoms with Crippen molar-refractivity contribution in [3.63, 3.8) is 0 Å². The fourth-order valence-corrected chi connectivity index (χ4v) is 6.49. The lowest BCUT2D eigenvalue weighted by Gasteiger charge is -2.11. The summed E-state index contributed by atoms with van der Waals surface area (Å²) >= 11 is 0. The number of benzene rings is 5. The summed E-state index contributed by atoms with van der Waals surface area (Å²) in [7, 11) is 0. The molecule has 0 N–H and O–H groups in total. The van der Waals surface area contributed by atoms with E-state index in [2.05, 4.69) is 123 Å². The minimum Gasteiger partial charge on any atom is -0.455 e. The quantitative estimate of drug-likeness (QED) is 0.238. The number of pyridine rings is 1. The third-order valence-corrected chi connectivity index (χ3v) is 7.98. The van der Waals surface area contributed by atoms with Crippen LogP contribution in [0.15, 0.2) is 132 Å². The predicted molar refractivity (Wildman–Crippen MR) is 160 cm³/mol. The van der Waals surface area contributed by atoms with E-state index < -0.39 is 0 Å². The first-order valence-electron chi connectivity index (χ1n) is 13.2. The first kappa shape index (κ1) is 20.7. The Bertz CT molecular complexity index is 2300. The third-order valence-electron chi connectivity index (χ3n) is 7.98. The third kappa shape index (κ3) is 2.65. The molecule has 0 atom stereocenters. The summed E-state index contributed by atoms with van der Waals surface area (Å²) in [5, 5.41) is 7.01. The molecule has 0 amide bonds. The molecule has 39 heavy (non-hydrogen) atoms. The molecule has 0 saturated carbocycles. The molecule has 5 aromatic carbocycles. The van der Waals surface area contributed by atoms with Crippen molar-refractivity contribution in [3.8, 4) is 11.4 Å². The van der Waals surface area contributed by atoms with Gasteiger partial charge in [0.1, 0.15) is 11.2 Å². The van der Waals surface area contributed by atoms with E-state index in [0.29, 0.717) is 0 Å². The zero-order valence-electron chi connectivity index (χ0n) is 20.9. The summed E-state index contributed by atoms with van der Waals surface area (Å²) in [5.74, 6) is 0. The van der Waals surface area contributed by atoms with Gasteiger partial charge in [-0.15, -0.1) is 0 Å². The van der Waals surface area contributed by atoms with Gasteiger partial charge in [-0.05, 0) is 42.5 Å². The zero-order valence-corrected chi connectivity index (χ0v) is 20.9. The number of hydrogen-bond acceptors (Lipinski definition) is 2. The largest absolute Gasteiger partial charge is 0.455 e. The van der Waals surface area contributed by atoms with E-state index in [1.165, 1.54) is 21.7 Å². The zero-order chi connectivity index (χ0) is 25.5. The van der Waals surface area contributed by atoms with E-state index in [1.807, 2.05) is 18.5 Å². The summed E-state index contributed by atoms with van der Waals surface area (Å²) < 4.78 is 11.6. The smallest absolute Gasteiger partial charge is 0.147 e. The molecule has 0 radical (unpaired) electrons. The van der Waals surface area contributed by atoms with Crippen molar-refractivity contribution in [2.24, 2.45) is 0 Å². The van der Waals surface area contributed by atoms with Gasteiger partial charge in [-0.25, -0.2) is 0 Å². The predicted octanol–water partition coefficient (Wildman–Crippen LogP) is 9.18. The van der Waals surface area contributed by atoms with Crippen LogP contribution in [0.2, 0.25) is 0 Å². The molecule has 0 unspecified atom stereocenters. The van der Waals surface area contributed by atoms with Crippen molar-refractivity contribution >= 4 is 65.6 Å². The van der Waals surface area contributed by atoms with Gasteiger partial charge in [0.25, 0.3) is 0 Å². The van der Waals surface area contributed by atoms with Gasteiger partial charge in [0, 0.05) is 45.3 Å². The molecule has 0 spiro atoms. The molecule has 0 saturated heterocycles. The Hall–Kier alpha value is -5.35. The van der Waals surface area contributed by atoms with Crippen LogP contribution in [0.1, 0.15) is 0 Å². The van der Waals surface area contributed by atoms with Crippen molar-refractivity contribution in [3.05, 3.63) is 128 Å². The van der Waals surface area contributed by atoms with E-state index in [-0.39, 0.29) is 0 Å². The molecule has 0 bridgehead atoms. The van der Waals surface area contributed by atoms with Crippen molar-refractivity contribution in [2.45, 2.75) is 0 Å².